The first-order valence-electron chi connectivity index (χ1n) is 10.7. The zero-order valence-corrected chi connectivity index (χ0v) is 18.1. The molecule has 2 aromatic rings. The molecule has 0 aromatic heterocycles. The van der Waals surface area contributed by atoms with Crippen molar-refractivity contribution in [3.05, 3.63) is 63.4 Å². The van der Waals surface area contributed by atoms with E-state index in [-0.39, 0.29) is 11.4 Å². The number of ether oxygens (including phenoxy) is 1. The second-order valence-corrected chi connectivity index (χ2v) is 9.60. The highest BCUT2D eigenvalue weighted by Crippen LogP contribution is 2.58. The van der Waals surface area contributed by atoms with Gasteiger partial charge in [-0.25, -0.2) is 0 Å². The highest BCUT2D eigenvalue weighted by atomic mass is 32.2. The Morgan fingerprint density at radius 2 is 1.68 bits per heavy atom. The molecular formula is C24H24N2O4S. The first-order valence-corrected chi connectivity index (χ1v) is 11.5. The second-order valence-electron chi connectivity index (χ2n) is 8.82. The summed E-state index contributed by atoms with van der Waals surface area (Å²) in [5, 5.41) is 5.81. The summed E-state index contributed by atoms with van der Waals surface area (Å²) in [6.45, 7) is 0. The van der Waals surface area contributed by atoms with Crippen LogP contribution in [-0.2, 0) is 4.74 Å². The Morgan fingerprint density at radius 1 is 0.935 bits per heavy atom. The van der Waals surface area contributed by atoms with Crippen LogP contribution in [0.2, 0.25) is 0 Å². The third-order valence-electron chi connectivity index (χ3n) is 6.95. The number of hydrogen-bond donors (Lipinski definition) is 0. The van der Waals surface area contributed by atoms with Crippen LogP contribution in [-0.4, -0.2) is 7.11 Å². The Labute approximate surface area is 185 Å². The Kier molecular flexibility index (Phi) is 5.52. The van der Waals surface area contributed by atoms with E-state index >= 15 is 0 Å². The van der Waals surface area contributed by atoms with Crippen LogP contribution in [0.5, 0.6) is 5.75 Å². The van der Waals surface area contributed by atoms with Crippen LogP contribution in [0, 0.1) is 33.5 Å². The highest BCUT2D eigenvalue weighted by Gasteiger charge is 2.46. The number of methoxy groups -OCH3 is 1. The van der Waals surface area contributed by atoms with E-state index < -0.39 is 0 Å². The summed E-state index contributed by atoms with van der Waals surface area (Å²) in [6.07, 6.45) is 6.62. The first-order chi connectivity index (χ1) is 15.2. The van der Waals surface area contributed by atoms with Crippen LogP contribution in [0.1, 0.15) is 37.7 Å². The van der Waals surface area contributed by atoms with Crippen LogP contribution in [0.3, 0.4) is 0 Å². The summed E-state index contributed by atoms with van der Waals surface area (Å²) >= 11 is 1.04. The van der Waals surface area contributed by atoms with Crippen molar-refractivity contribution in [1.82, 2.24) is 0 Å². The largest absolute Gasteiger partial charge is 0.496 e. The van der Waals surface area contributed by atoms with E-state index in [1.807, 2.05) is 18.2 Å². The lowest BCUT2D eigenvalue weighted by molar-refractivity contribution is 0.0675. The minimum Gasteiger partial charge on any atom is -0.496 e. The molecule has 0 aliphatic heterocycles. The maximum Gasteiger partial charge on any atom is 0.138 e. The van der Waals surface area contributed by atoms with Crippen molar-refractivity contribution < 1.29 is 8.92 Å². The molecule has 0 saturated heterocycles. The van der Waals surface area contributed by atoms with Crippen molar-refractivity contribution >= 4 is 29.2 Å². The molecule has 0 N–H and O–H groups in total. The van der Waals surface area contributed by atoms with E-state index in [9.17, 15) is 9.81 Å². The number of hydrogen-bond acceptors (Lipinski definition) is 7. The predicted octanol–water partition coefficient (Wildman–Crippen LogP) is 7.38. The SMILES string of the molecule is COC(=C1C2CC3CC(C2)CC1C3)c1cccc(OSc2ccc(N=O)cc2N=O)c1. The summed E-state index contributed by atoms with van der Waals surface area (Å²) in [5.74, 6) is 4.76. The normalized spacial score (nSPS) is 25.9. The molecule has 160 valence electrons. The molecule has 6 nitrogen and oxygen atoms in total. The van der Waals surface area contributed by atoms with Crippen LogP contribution in [0.15, 0.2) is 63.3 Å². The van der Waals surface area contributed by atoms with E-state index in [4.69, 9.17) is 8.92 Å². The van der Waals surface area contributed by atoms with Gasteiger partial charge in [0, 0.05) is 5.56 Å². The van der Waals surface area contributed by atoms with Gasteiger partial charge in [-0.15, -0.1) is 9.81 Å². The summed E-state index contributed by atoms with van der Waals surface area (Å²) in [7, 11) is 1.76. The summed E-state index contributed by atoms with van der Waals surface area (Å²) in [4.78, 5) is 22.3. The second kappa shape index (κ2) is 8.46. The van der Waals surface area contributed by atoms with Crippen molar-refractivity contribution in [3.8, 4) is 5.75 Å². The van der Waals surface area contributed by atoms with Crippen molar-refractivity contribution in [3.63, 3.8) is 0 Å². The fourth-order valence-electron chi connectivity index (χ4n) is 5.95. The number of nitrogens with zero attached hydrogens (tertiary/aromatic N) is 2. The zero-order valence-electron chi connectivity index (χ0n) is 17.3. The molecule has 31 heavy (non-hydrogen) atoms. The topological polar surface area (TPSA) is 77.3 Å². The lowest BCUT2D eigenvalue weighted by atomic mass is 9.54. The first kappa shape index (κ1) is 20.2. The molecule has 4 saturated carbocycles. The highest BCUT2D eigenvalue weighted by molar-refractivity contribution is 7.95. The van der Waals surface area contributed by atoms with Gasteiger partial charge in [0.15, 0.2) is 0 Å². The van der Waals surface area contributed by atoms with E-state index in [1.54, 1.807) is 13.2 Å². The summed E-state index contributed by atoms with van der Waals surface area (Å²) in [6, 6.07) is 12.4. The Hall–Kier alpha value is -2.67. The Bertz CT molecular complexity index is 1020. The lowest BCUT2D eigenvalue weighted by Gasteiger charge is -2.51. The molecule has 4 aliphatic rings. The molecule has 4 fully saturated rings. The molecule has 4 aliphatic carbocycles. The summed E-state index contributed by atoms with van der Waals surface area (Å²) < 4.78 is 11.8. The molecular weight excluding hydrogens is 412 g/mol. The monoisotopic (exact) mass is 436 g/mol. The van der Waals surface area contributed by atoms with Gasteiger partial charge in [-0.3, -0.25) is 0 Å². The van der Waals surface area contributed by atoms with Gasteiger partial charge in [0.2, 0.25) is 0 Å². The third kappa shape index (κ3) is 3.87. The minimum atomic E-state index is 0.131. The average Bonchev–Trinajstić information content (AvgIpc) is 2.79. The average molecular weight is 437 g/mol. The Morgan fingerprint density at radius 3 is 2.32 bits per heavy atom. The molecule has 0 spiro atoms. The maximum absolute atomic E-state index is 11.1. The number of benzene rings is 2. The number of rotatable bonds is 7. The van der Waals surface area contributed by atoms with Crippen LogP contribution >= 0.6 is 12.0 Å². The van der Waals surface area contributed by atoms with E-state index in [1.165, 1.54) is 49.8 Å². The van der Waals surface area contributed by atoms with E-state index in [0.29, 0.717) is 22.5 Å². The lowest BCUT2D eigenvalue weighted by Crippen LogP contribution is -2.40. The summed E-state index contributed by atoms with van der Waals surface area (Å²) in [5.41, 5.74) is 2.82. The Balaban J connectivity index is 1.39. The van der Waals surface area contributed by atoms with E-state index in [2.05, 4.69) is 16.4 Å². The molecule has 0 heterocycles. The minimum absolute atomic E-state index is 0.131. The number of allylic oxidation sites excluding steroid dienone is 1. The van der Waals surface area contributed by atoms with Gasteiger partial charge in [-0.1, -0.05) is 12.1 Å². The van der Waals surface area contributed by atoms with Gasteiger partial charge >= 0.3 is 0 Å². The van der Waals surface area contributed by atoms with E-state index in [0.717, 1.165) is 35.2 Å². The van der Waals surface area contributed by atoms with Crippen molar-refractivity contribution in [1.29, 1.82) is 0 Å². The molecule has 6 rings (SSSR count). The van der Waals surface area contributed by atoms with Crippen LogP contribution in [0.25, 0.3) is 5.76 Å². The molecule has 0 unspecified atom stereocenters. The van der Waals surface area contributed by atoms with Crippen LogP contribution < -0.4 is 4.18 Å². The molecule has 0 amide bonds. The molecule has 2 aromatic carbocycles. The zero-order chi connectivity index (χ0) is 21.4. The van der Waals surface area contributed by atoms with Gasteiger partial charge in [0.05, 0.1) is 24.0 Å². The number of nitroso groups, excluding NO2 is 2. The van der Waals surface area contributed by atoms with Crippen molar-refractivity contribution in [2.75, 3.05) is 7.11 Å². The standard InChI is InChI=1S/C24H24N2O4S/c1-29-24(23-17-8-14-7-15(10-17)11-18(23)9-14)16-3-2-4-20(12-16)30-31-22-6-5-19(25-27)13-21(22)26-28/h2-6,12-15,17-18H,7-11H2,1H3. The molecule has 0 atom stereocenters. The van der Waals surface area contributed by atoms with Gasteiger partial charge in [0.25, 0.3) is 0 Å². The van der Waals surface area contributed by atoms with Crippen molar-refractivity contribution in [2.45, 2.75) is 37.0 Å². The predicted molar refractivity (Wildman–Crippen MR) is 121 cm³/mol. The molecule has 4 bridgehead atoms. The smallest absolute Gasteiger partial charge is 0.138 e. The molecule has 0 radical (unpaired) electrons. The van der Waals surface area contributed by atoms with Gasteiger partial charge in [-0.2, -0.15) is 0 Å². The van der Waals surface area contributed by atoms with Gasteiger partial charge in [0.1, 0.15) is 22.9 Å². The fraction of sp³-hybridized carbons (Fsp3) is 0.417. The fourth-order valence-corrected chi connectivity index (χ4v) is 6.55. The maximum atomic E-state index is 11.1. The van der Waals surface area contributed by atoms with Gasteiger partial charge < -0.3 is 8.92 Å². The quantitative estimate of drug-likeness (QED) is 0.257. The van der Waals surface area contributed by atoms with Crippen molar-refractivity contribution in [2.24, 2.45) is 34.0 Å². The molecule has 7 heteroatoms. The third-order valence-corrected chi connectivity index (χ3v) is 7.75. The van der Waals surface area contributed by atoms with Crippen LogP contribution in [0.4, 0.5) is 11.4 Å². The van der Waals surface area contributed by atoms with Gasteiger partial charge in [-0.05, 0) is 102 Å².